The van der Waals surface area contributed by atoms with Crippen LogP contribution in [0.2, 0.25) is 0 Å². The summed E-state index contributed by atoms with van der Waals surface area (Å²) in [6.07, 6.45) is 0.945. The smallest absolute Gasteiger partial charge is 0.0615 e. The molecule has 8 aromatic carbocycles. The fourth-order valence-electron chi connectivity index (χ4n) is 14.0. The van der Waals surface area contributed by atoms with Gasteiger partial charge in [0.25, 0.3) is 0 Å². The first-order valence-electron chi connectivity index (χ1n) is 21.4. The Bertz CT molecular complexity index is 2520. The Morgan fingerprint density at radius 1 is 0.276 bits per heavy atom. The molecule has 13 rings (SSSR count). The lowest BCUT2D eigenvalue weighted by Gasteiger charge is -2.53. The Morgan fingerprint density at radius 2 is 0.483 bits per heavy atom. The third-order valence-corrected chi connectivity index (χ3v) is 15.7. The van der Waals surface area contributed by atoms with Crippen molar-refractivity contribution in [3.05, 3.63) is 192 Å². The molecule has 0 amide bonds. The summed E-state index contributed by atoms with van der Waals surface area (Å²) < 4.78 is 0. The molecule has 0 saturated heterocycles. The second kappa shape index (κ2) is 12.4. The Kier molecular flexibility index (Phi) is 7.07. The first-order valence-corrected chi connectivity index (χ1v) is 21.4. The van der Waals surface area contributed by atoms with Gasteiger partial charge in [0.1, 0.15) is 0 Å². The average Bonchev–Trinajstić information content (AvgIpc) is 4.07. The zero-order valence-corrected chi connectivity index (χ0v) is 32.2. The van der Waals surface area contributed by atoms with Crippen LogP contribution in [-0.4, -0.2) is 22.4 Å². The molecule has 5 aliphatic rings. The molecular formula is C56H44O2. The van der Waals surface area contributed by atoms with Crippen molar-refractivity contribution in [2.24, 2.45) is 23.7 Å². The lowest BCUT2D eigenvalue weighted by Crippen LogP contribution is -2.55. The second-order valence-electron chi connectivity index (χ2n) is 17.9. The summed E-state index contributed by atoms with van der Waals surface area (Å²) in [4.78, 5) is 0. The zero-order chi connectivity index (χ0) is 38.2. The highest BCUT2D eigenvalue weighted by atomic mass is 16.3. The number of hydrogen-bond acceptors (Lipinski definition) is 2. The van der Waals surface area contributed by atoms with Crippen LogP contribution in [0.3, 0.4) is 0 Å². The van der Waals surface area contributed by atoms with Gasteiger partial charge in [0.05, 0.1) is 12.2 Å². The molecule has 2 nitrogen and oxygen atoms in total. The van der Waals surface area contributed by atoms with Gasteiger partial charge in [-0.2, -0.15) is 0 Å². The lowest BCUT2D eigenvalue weighted by molar-refractivity contribution is -0.117. The number of rotatable bonds is 4. The zero-order valence-electron chi connectivity index (χ0n) is 32.2. The lowest BCUT2D eigenvalue weighted by atomic mass is 9.54. The Morgan fingerprint density at radius 3 is 0.707 bits per heavy atom. The van der Waals surface area contributed by atoms with Crippen LogP contribution in [0.5, 0.6) is 0 Å². The number of aliphatic hydroxyl groups excluding tert-OH is 2. The van der Waals surface area contributed by atoms with Gasteiger partial charge in [0.2, 0.25) is 0 Å². The topological polar surface area (TPSA) is 40.5 Å². The van der Waals surface area contributed by atoms with Crippen LogP contribution in [-0.2, 0) is 0 Å². The number of benzene rings is 8. The van der Waals surface area contributed by atoms with Gasteiger partial charge in [-0.3, -0.25) is 0 Å². The first-order chi connectivity index (χ1) is 28.7. The van der Waals surface area contributed by atoms with Crippen LogP contribution in [0.25, 0.3) is 66.1 Å². The van der Waals surface area contributed by atoms with E-state index in [4.69, 9.17) is 0 Å². The molecule has 0 heterocycles. The van der Waals surface area contributed by atoms with Crippen LogP contribution in [0.1, 0.15) is 58.8 Å². The molecule has 10 atom stereocenters. The molecule has 0 radical (unpaired) electrons. The summed E-state index contributed by atoms with van der Waals surface area (Å²) in [7, 11) is 0. The fraction of sp³-hybridized carbons (Fsp3) is 0.214. The SMILES string of the molecule is OC1[C@@H]2[C@H](C(O)[C@@H]3[C@H]1[C@H]1C[C@@H]3c3c1c(-c1ccccc1)c1ccccc1c3-c1ccccc1)[C@H]1C[C@@H]2c2c1c(-c1ccccc1)c1ccccc1c2-c1ccccc1. The molecular weight excluding hydrogens is 705 g/mol. The number of fused-ring (bicyclic) bond motifs is 18. The average molecular weight is 749 g/mol. The van der Waals surface area contributed by atoms with Crippen LogP contribution in [0.15, 0.2) is 170 Å². The Hall–Kier alpha value is -5.80. The summed E-state index contributed by atoms with van der Waals surface area (Å²) in [5.41, 5.74) is 15.9. The molecule has 0 aromatic heterocycles. The van der Waals surface area contributed by atoms with E-state index in [2.05, 4.69) is 170 Å². The van der Waals surface area contributed by atoms with Crippen molar-refractivity contribution in [2.45, 2.75) is 48.7 Å². The molecule has 2 unspecified atom stereocenters. The second-order valence-corrected chi connectivity index (χ2v) is 17.9. The Labute approximate surface area is 339 Å². The van der Waals surface area contributed by atoms with Gasteiger partial charge in [-0.25, -0.2) is 0 Å². The third kappa shape index (κ3) is 4.30. The highest BCUT2D eigenvalue weighted by Crippen LogP contribution is 2.75. The molecule has 5 aliphatic carbocycles. The highest BCUT2D eigenvalue weighted by molar-refractivity contribution is 6.10. The number of aliphatic hydroxyl groups is 2. The van der Waals surface area contributed by atoms with E-state index in [1.54, 1.807) is 0 Å². The molecule has 2 N–H and O–H groups in total. The van der Waals surface area contributed by atoms with Crippen molar-refractivity contribution in [3.8, 4) is 44.5 Å². The minimum absolute atomic E-state index is 0.00183. The molecule has 3 fully saturated rings. The van der Waals surface area contributed by atoms with Crippen molar-refractivity contribution in [2.75, 3.05) is 0 Å². The van der Waals surface area contributed by atoms with E-state index in [1.165, 1.54) is 88.3 Å². The minimum Gasteiger partial charge on any atom is -0.392 e. The van der Waals surface area contributed by atoms with E-state index < -0.39 is 12.2 Å². The maximum absolute atomic E-state index is 13.3. The Balaban J connectivity index is 1.05. The molecule has 8 aromatic rings. The van der Waals surface area contributed by atoms with Gasteiger partial charge in [0.15, 0.2) is 0 Å². The molecule has 280 valence electrons. The fourth-order valence-corrected chi connectivity index (χ4v) is 14.0. The summed E-state index contributed by atoms with van der Waals surface area (Å²) in [6, 6.07) is 61.8. The molecule has 4 bridgehead atoms. The maximum atomic E-state index is 13.3. The van der Waals surface area contributed by atoms with Gasteiger partial charge in [-0.1, -0.05) is 170 Å². The van der Waals surface area contributed by atoms with E-state index >= 15 is 0 Å². The van der Waals surface area contributed by atoms with E-state index in [-0.39, 0.29) is 47.3 Å². The molecule has 3 saturated carbocycles. The summed E-state index contributed by atoms with van der Waals surface area (Å²) in [6.45, 7) is 0. The van der Waals surface area contributed by atoms with Gasteiger partial charge >= 0.3 is 0 Å². The number of hydrogen-bond donors (Lipinski definition) is 2. The highest BCUT2D eigenvalue weighted by Gasteiger charge is 2.68. The minimum atomic E-state index is -0.504. The van der Waals surface area contributed by atoms with Gasteiger partial charge in [-0.05, 0) is 148 Å². The van der Waals surface area contributed by atoms with Gasteiger partial charge in [-0.15, -0.1) is 0 Å². The van der Waals surface area contributed by atoms with Crippen LogP contribution < -0.4 is 0 Å². The standard InChI is InChI=1S/C56H44O2/c57-55-51-39-29-40(48-44(32-19-7-2-8-20-32)36-26-14-13-25-35(36)43(47(39)48)31-17-5-1-6-18-31)52(51)56(58)54-42-30-41(53(54)55)49-45(33-21-9-3-10-22-33)37-27-15-16-28-38(37)46(50(42)49)34-23-11-4-12-24-34/h1-28,39-42,51-58H,29-30H2/t39-,40+,41+,42-,51+,52-,53-,54+,55?,56?. The first kappa shape index (κ1) is 33.2. The van der Waals surface area contributed by atoms with E-state index in [0.29, 0.717) is 0 Å². The molecule has 58 heavy (non-hydrogen) atoms. The predicted molar refractivity (Wildman–Crippen MR) is 236 cm³/mol. The van der Waals surface area contributed by atoms with Gasteiger partial charge in [0, 0.05) is 0 Å². The van der Waals surface area contributed by atoms with Crippen molar-refractivity contribution in [3.63, 3.8) is 0 Å². The van der Waals surface area contributed by atoms with Crippen molar-refractivity contribution in [1.29, 1.82) is 0 Å². The molecule has 2 heteroatoms. The van der Waals surface area contributed by atoms with Crippen LogP contribution in [0.4, 0.5) is 0 Å². The van der Waals surface area contributed by atoms with Crippen LogP contribution >= 0.6 is 0 Å². The van der Waals surface area contributed by atoms with Crippen LogP contribution in [0, 0.1) is 23.7 Å². The quantitative estimate of drug-likeness (QED) is 0.188. The largest absolute Gasteiger partial charge is 0.392 e. The monoisotopic (exact) mass is 748 g/mol. The van der Waals surface area contributed by atoms with E-state index in [0.717, 1.165) is 12.8 Å². The third-order valence-electron chi connectivity index (χ3n) is 15.7. The van der Waals surface area contributed by atoms with Crippen molar-refractivity contribution in [1.82, 2.24) is 0 Å². The predicted octanol–water partition coefficient (Wildman–Crippen LogP) is 12.7. The maximum Gasteiger partial charge on any atom is 0.0615 e. The molecule has 0 aliphatic heterocycles. The normalized spacial score (nSPS) is 28.4. The van der Waals surface area contributed by atoms with E-state index in [1.807, 2.05) is 0 Å². The summed E-state index contributed by atoms with van der Waals surface area (Å²) in [5.74, 6) is 0.665. The van der Waals surface area contributed by atoms with E-state index in [9.17, 15) is 10.2 Å². The summed E-state index contributed by atoms with van der Waals surface area (Å²) in [5, 5.41) is 31.7. The van der Waals surface area contributed by atoms with Crippen molar-refractivity contribution >= 4 is 21.5 Å². The van der Waals surface area contributed by atoms with Gasteiger partial charge < -0.3 is 10.2 Å². The summed E-state index contributed by atoms with van der Waals surface area (Å²) >= 11 is 0. The molecule has 0 spiro atoms. The van der Waals surface area contributed by atoms with Crippen molar-refractivity contribution < 1.29 is 10.2 Å².